The van der Waals surface area contributed by atoms with Crippen LogP contribution in [0.3, 0.4) is 0 Å². The number of hydrogen-bond donors (Lipinski definition) is 0. The summed E-state index contributed by atoms with van der Waals surface area (Å²) in [6, 6.07) is 86.1. The van der Waals surface area contributed by atoms with E-state index < -0.39 is 0 Å². The highest BCUT2D eigenvalue weighted by Gasteiger charge is 2.26. The highest BCUT2D eigenvalue weighted by atomic mass is 16.3. The van der Waals surface area contributed by atoms with Gasteiger partial charge in [-0.15, -0.1) is 0 Å². The van der Waals surface area contributed by atoms with Gasteiger partial charge in [0.25, 0.3) is 0 Å². The maximum absolute atomic E-state index is 7.18. The van der Waals surface area contributed by atoms with Crippen LogP contribution >= 0.6 is 0 Å². The molecule has 0 radical (unpaired) electrons. The average Bonchev–Trinajstić information content (AvgIpc) is 4.09. The van der Waals surface area contributed by atoms with E-state index in [0.29, 0.717) is 5.82 Å². The van der Waals surface area contributed by atoms with E-state index in [1.54, 1.807) is 0 Å². The Kier molecular flexibility index (Phi) is 8.83. The van der Waals surface area contributed by atoms with Gasteiger partial charge >= 0.3 is 0 Å². The molecule has 0 unspecified atom stereocenters. The van der Waals surface area contributed by atoms with E-state index in [0.717, 1.165) is 116 Å². The summed E-state index contributed by atoms with van der Waals surface area (Å²) in [4.78, 5) is 10.5. The fourth-order valence-electron chi connectivity index (χ4n) is 10.7. The topological polar surface area (TPSA) is 48.8 Å². The molecule has 0 fully saturated rings. The summed E-state index contributed by atoms with van der Waals surface area (Å²) in [6.45, 7) is 0. The highest BCUT2D eigenvalue weighted by Crippen LogP contribution is 2.48. The molecule has 0 spiro atoms. The lowest BCUT2D eigenvalue weighted by Gasteiger charge is -2.21. The van der Waals surface area contributed by atoms with Crippen molar-refractivity contribution in [3.8, 4) is 67.5 Å². The Labute approximate surface area is 397 Å². The Bertz CT molecular complexity index is 4150. The van der Waals surface area contributed by atoms with Crippen LogP contribution in [0.4, 0.5) is 0 Å². The molecule has 14 rings (SSSR count). The summed E-state index contributed by atoms with van der Waals surface area (Å²) in [5.41, 5.74) is 17.4. The van der Waals surface area contributed by atoms with Crippen molar-refractivity contribution in [2.45, 2.75) is 0 Å². The molecule has 0 atom stereocenters. The molecule has 69 heavy (non-hydrogen) atoms. The van der Waals surface area contributed by atoms with Crippen LogP contribution in [-0.2, 0) is 0 Å². The van der Waals surface area contributed by atoms with Crippen molar-refractivity contribution < 1.29 is 4.42 Å². The van der Waals surface area contributed by atoms with Crippen LogP contribution in [0.15, 0.2) is 247 Å². The number of para-hydroxylation sites is 3. The van der Waals surface area contributed by atoms with E-state index in [-0.39, 0.29) is 0 Å². The molecule has 0 saturated carbocycles. The van der Waals surface area contributed by atoms with Crippen LogP contribution < -0.4 is 0 Å². The summed E-state index contributed by atoms with van der Waals surface area (Å²) in [7, 11) is 0. The number of nitrogens with zero attached hydrogens (tertiary/aromatic N) is 4. The SMILES string of the molecule is c1ccc(-c2cc(-c3cc(-c4ccccc4)c(-n4c5ccccc5c5c6oc7ccc8c9ccccc9n(-c9ccccc9)c8c7c6ccc54)c(-c4ccccc4)c3)nc(-c3ccccc3)n2)cc1. The van der Waals surface area contributed by atoms with Crippen LogP contribution in [0, 0.1) is 0 Å². The number of benzene rings is 10. The van der Waals surface area contributed by atoms with Crippen molar-refractivity contribution in [2.75, 3.05) is 0 Å². The molecule has 4 heterocycles. The predicted octanol–water partition coefficient (Wildman–Crippen LogP) is 16.9. The zero-order valence-electron chi connectivity index (χ0n) is 37.3. The second-order valence-corrected chi connectivity index (χ2v) is 17.7. The molecule has 0 bridgehead atoms. The summed E-state index contributed by atoms with van der Waals surface area (Å²) in [5, 5.41) is 6.80. The van der Waals surface area contributed by atoms with Crippen LogP contribution in [0.25, 0.3) is 133 Å². The van der Waals surface area contributed by atoms with Crippen molar-refractivity contribution in [1.82, 2.24) is 19.1 Å². The van der Waals surface area contributed by atoms with Gasteiger partial charge in [0.1, 0.15) is 11.2 Å². The third-order valence-electron chi connectivity index (χ3n) is 13.7. The van der Waals surface area contributed by atoms with Crippen LogP contribution in [0.1, 0.15) is 0 Å². The van der Waals surface area contributed by atoms with Crippen LogP contribution in [-0.4, -0.2) is 19.1 Å². The highest BCUT2D eigenvalue weighted by molar-refractivity contribution is 6.30. The zero-order chi connectivity index (χ0) is 45.4. The number of hydrogen-bond acceptors (Lipinski definition) is 3. The molecule has 0 saturated heterocycles. The first-order chi connectivity index (χ1) is 34.2. The number of furan rings is 1. The van der Waals surface area contributed by atoms with Gasteiger partial charge in [-0.3, -0.25) is 0 Å². The summed E-state index contributed by atoms with van der Waals surface area (Å²) < 4.78 is 12.0. The molecular weight excluding hydrogens is 841 g/mol. The van der Waals surface area contributed by atoms with Gasteiger partial charge in [-0.2, -0.15) is 0 Å². The van der Waals surface area contributed by atoms with Gasteiger partial charge in [0.15, 0.2) is 5.82 Å². The quantitative estimate of drug-likeness (QED) is 0.160. The molecule has 0 aliphatic heterocycles. The lowest BCUT2D eigenvalue weighted by atomic mass is 9.91. The lowest BCUT2D eigenvalue weighted by molar-refractivity contribution is 0.673. The average molecular weight is 881 g/mol. The van der Waals surface area contributed by atoms with Crippen molar-refractivity contribution in [1.29, 1.82) is 0 Å². The van der Waals surface area contributed by atoms with E-state index in [9.17, 15) is 0 Å². The number of rotatable bonds is 7. The first-order valence-electron chi connectivity index (χ1n) is 23.4. The van der Waals surface area contributed by atoms with Gasteiger partial charge in [0.2, 0.25) is 0 Å². The first-order valence-corrected chi connectivity index (χ1v) is 23.4. The Morgan fingerprint density at radius 3 is 1.48 bits per heavy atom. The van der Waals surface area contributed by atoms with E-state index >= 15 is 0 Å². The molecule has 0 amide bonds. The molecule has 322 valence electrons. The largest absolute Gasteiger partial charge is 0.455 e. The van der Waals surface area contributed by atoms with E-state index in [4.69, 9.17) is 14.4 Å². The van der Waals surface area contributed by atoms with Gasteiger partial charge in [-0.05, 0) is 77.9 Å². The molecule has 5 nitrogen and oxygen atoms in total. The van der Waals surface area contributed by atoms with Crippen molar-refractivity contribution in [3.63, 3.8) is 0 Å². The smallest absolute Gasteiger partial charge is 0.160 e. The Morgan fingerprint density at radius 1 is 0.333 bits per heavy atom. The Balaban J connectivity index is 1.09. The minimum atomic E-state index is 0.678. The lowest BCUT2D eigenvalue weighted by Crippen LogP contribution is -2.02. The van der Waals surface area contributed by atoms with Gasteiger partial charge in [0, 0.05) is 55.0 Å². The maximum Gasteiger partial charge on any atom is 0.160 e. The second kappa shape index (κ2) is 15.7. The molecule has 0 N–H and O–H groups in total. The molecular formula is C64H40N4O. The van der Waals surface area contributed by atoms with Gasteiger partial charge in [-0.1, -0.05) is 176 Å². The fourth-order valence-corrected chi connectivity index (χ4v) is 10.7. The molecule has 14 aromatic rings. The molecule has 5 heteroatoms. The third-order valence-corrected chi connectivity index (χ3v) is 13.7. The first kappa shape index (κ1) is 38.9. The van der Waals surface area contributed by atoms with Crippen LogP contribution in [0.2, 0.25) is 0 Å². The third kappa shape index (κ3) is 6.18. The number of fused-ring (bicyclic) bond motifs is 11. The summed E-state index contributed by atoms with van der Waals surface area (Å²) in [5.74, 6) is 0.678. The minimum absolute atomic E-state index is 0.678. The molecule has 10 aromatic carbocycles. The van der Waals surface area contributed by atoms with E-state index in [2.05, 4.69) is 228 Å². The fraction of sp³-hybridized carbons (Fsp3) is 0. The van der Waals surface area contributed by atoms with E-state index in [1.807, 2.05) is 24.3 Å². The standard InChI is InChI=1S/C64H40N4O/c1-6-20-41(21-7-1)51-38-45(54-40-53(43-24-10-3-11-25-43)65-64(66-54)44-26-12-4-13-27-44)39-52(42-22-8-2-9-23-42)61(51)68-56-33-19-17-31-49(56)59-57(68)36-34-50-60-58(69-63(50)59)37-35-48-47-30-16-18-32-55(47)67(62(48)60)46-28-14-5-15-29-46/h1-40H. The zero-order valence-corrected chi connectivity index (χ0v) is 37.3. The number of aromatic nitrogens is 4. The van der Waals surface area contributed by atoms with Gasteiger partial charge in [0.05, 0.1) is 49.9 Å². The van der Waals surface area contributed by atoms with Crippen molar-refractivity contribution in [2.24, 2.45) is 0 Å². The summed E-state index contributed by atoms with van der Waals surface area (Å²) in [6.07, 6.45) is 0. The molecule has 0 aliphatic carbocycles. The van der Waals surface area contributed by atoms with Crippen LogP contribution in [0.5, 0.6) is 0 Å². The molecule has 4 aromatic heterocycles. The van der Waals surface area contributed by atoms with E-state index in [1.165, 1.54) is 10.8 Å². The van der Waals surface area contributed by atoms with Crippen molar-refractivity contribution >= 4 is 65.6 Å². The maximum atomic E-state index is 7.18. The second-order valence-electron chi connectivity index (χ2n) is 17.7. The normalized spacial score (nSPS) is 11.8. The summed E-state index contributed by atoms with van der Waals surface area (Å²) >= 11 is 0. The van der Waals surface area contributed by atoms with Gasteiger partial charge < -0.3 is 13.6 Å². The van der Waals surface area contributed by atoms with Gasteiger partial charge in [-0.25, -0.2) is 9.97 Å². The minimum Gasteiger partial charge on any atom is -0.455 e. The van der Waals surface area contributed by atoms with Crippen molar-refractivity contribution in [3.05, 3.63) is 243 Å². The Morgan fingerprint density at radius 2 is 0.841 bits per heavy atom. The monoisotopic (exact) mass is 880 g/mol. The molecule has 0 aliphatic rings. The predicted molar refractivity (Wildman–Crippen MR) is 285 cm³/mol. The Hall–Kier alpha value is -9.32.